The Morgan fingerprint density at radius 1 is 0.532 bits per heavy atom. The summed E-state index contributed by atoms with van der Waals surface area (Å²) in [7, 11) is 0. The molecule has 220 valence electrons. The van der Waals surface area contributed by atoms with Crippen molar-refractivity contribution in [1.29, 1.82) is 0 Å². The third-order valence-electron chi connectivity index (χ3n) is 9.04. The van der Waals surface area contributed by atoms with Crippen LogP contribution in [0, 0.1) is 5.92 Å². The minimum atomic E-state index is 0.220. The quantitative estimate of drug-likeness (QED) is 0.196. The monoisotopic (exact) mass is 603 g/mol. The number of aromatic nitrogens is 5. The number of fused-ring (bicyclic) bond motifs is 5. The summed E-state index contributed by atoms with van der Waals surface area (Å²) in [6.45, 7) is 0. The van der Waals surface area contributed by atoms with Crippen LogP contribution in [0.15, 0.2) is 156 Å². The molecule has 0 amide bonds. The molecule has 0 fully saturated rings. The molecule has 5 aromatic carbocycles. The first-order valence-corrected chi connectivity index (χ1v) is 15.7. The summed E-state index contributed by atoms with van der Waals surface area (Å²) < 4.78 is 8.73. The van der Waals surface area contributed by atoms with Crippen molar-refractivity contribution in [3.63, 3.8) is 0 Å². The van der Waals surface area contributed by atoms with Gasteiger partial charge >= 0.3 is 0 Å². The molecule has 6 nitrogen and oxygen atoms in total. The molecular formula is C41H25N5O. The van der Waals surface area contributed by atoms with Crippen LogP contribution in [0.25, 0.3) is 78.3 Å². The van der Waals surface area contributed by atoms with Gasteiger partial charge in [-0.3, -0.25) is 0 Å². The van der Waals surface area contributed by atoms with Crippen molar-refractivity contribution in [2.45, 2.75) is 0 Å². The summed E-state index contributed by atoms with van der Waals surface area (Å²) in [4.78, 5) is 19.6. The Hall–Kier alpha value is -6.40. The van der Waals surface area contributed by atoms with Gasteiger partial charge in [0.2, 0.25) is 5.89 Å². The van der Waals surface area contributed by atoms with Crippen LogP contribution in [0.4, 0.5) is 0 Å². The van der Waals surface area contributed by atoms with Gasteiger partial charge in [-0.1, -0.05) is 103 Å². The zero-order valence-electron chi connectivity index (χ0n) is 25.1. The minimum Gasteiger partial charge on any atom is -0.436 e. The molecule has 3 heterocycles. The Morgan fingerprint density at radius 2 is 1.11 bits per heavy atom. The zero-order valence-corrected chi connectivity index (χ0v) is 25.1. The number of rotatable bonds is 5. The lowest BCUT2D eigenvalue weighted by atomic mass is 10.0. The third-order valence-corrected chi connectivity index (χ3v) is 9.04. The molecule has 3 aromatic heterocycles. The first kappa shape index (κ1) is 25.9. The van der Waals surface area contributed by atoms with Gasteiger partial charge < -0.3 is 8.98 Å². The average Bonchev–Trinajstić information content (AvgIpc) is 3.73. The van der Waals surface area contributed by atoms with Crippen LogP contribution in [0.1, 0.15) is 5.89 Å². The van der Waals surface area contributed by atoms with E-state index in [1.54, 1.807) is 0 Å². The molecule has 10 rings (SSSR count). The Morgan fingerprint density at radius 3 is 1.74 bits per heavy atom. The van der Waals surface area contributed by atoms with Crippen LogP contribution >= 0.6 is 0 Å². The Kier molecular flexibility index (Phi) is 5.54. The lowest BCUT2D eigenvalue weighted by Crippen LogP contribution is -2.04. The van der Waals surface area contributed by atoms with E-state index in [1.165, 1.54) is 33.1 Å². The van der Waals surface area contributed by atoms with E-state index in [9.17, 15) is 0 Å². The van der Waals surface area contributed by atoms with Crippen LogP contribution in [0.2, 0.25) is 0 Å². The SMILES string of the molecule is C1=C(c2nc3cc(-c4nc(-c5ccccc5)nc(-c5ccccc5)n4)ccc3o2)C2=C[C@@H]2C(n2c3ccccc3c3ccccc32)=C1. The van der Waals surface area contributed by atoms with E-state index in [-0.39, 0.29) is 5.92 Å². The summed E-state index contributed by atoms with van der Waals surface area (Å²) in [5.41, 5.74) is 10.2. The molecule has 0 saturated heterocycles. The molecule has 6 heteroatoms. The van der Waals surface area contributed by atoms with Crippen molar-refractivity contribution in [3.8, 4) is 34.2 Å². The molecule has 0 spiro atoms. The van der Waals surface area contributed by atoms with Gasteiger partial charge in [0.15, 0.2) is 23.1 Å². The number of para-hydroxylation sites is 2. The summed E-state index contributed by atoms with van der Waals surface area (Å²) in [6, 6.07) is 43.2. The largest absolute Gasteiger partial charge is 0.436 e. The maximum Gasteiger partial charge on any atom is 0.227 e. The first-order chi connectivity index (χ1) is 23.3. The molecule has 8 aromatic rings. The van der Waals surface area contributed by atoms with Gasteiger partial charge in [0.25, 0.3) is 0 Å². The van der Waals surface area contributed by atoms with Crippen molar-refractivity contribution in [3.05, 3.63) is 157 Å². The van der Waals surface area contributed by atoms with Gasteiger partial charge in [-0.05, 0) is 48.1 Å². The highest BCUT2D eigenvalue weighted by atomic mass is 16.3. The predicted octanol–water partition coefficient (Wildman–Crippen LogP) is 9.62. The molecule has 0 unspecified atom stereocenters. The van der Waals surface area contributed by atoms with E-state index in [0.29, 0.717) is 23.4 Å². The van der Waals surface area contributed by atoms with Crippen LogP contribution < -0.4 is 0 Å². The summed E-state index contributed by atoms with van der Waals surface area (Å²) in [5, 5.41) is 2.53. The third kappa shape index (κ3) is 4.19. The fourth-order valence-corrected chi connectivity index (χ4v) is 6.73. The summed E-state index contributed by atoms with van der Waals surface area (Å²) in [5.74, 6) is 2.68. The van der Waals surface area contributed by atoms with Crippen LogP contribution in [0.3, 0.4) is 0 Å². The molecule has 0 aliphatic heterocycles. The van der Waals surface area contributed by atoms with Gasteiger partial charge in [-0.25, -0.2) is 19.9 Å². The second-order valence-corrected chi connectivity index (χ2v) is 11.9. The number of hydrogen-bond acceptors (Lipinski definition) is 5. The highest BCUT2D eigenvalue weighted by Gasteiger charge is 2.37. The lowest BCUT2D eigenvalue weighted by Gasteiger charge is -2.16. The number of nitrogens with zero attached hydrogens (tertiary/aromatic N) is 5. The van der Waals surface area contributed by atoms with Gasteiger partial charge in [-0.2, -0.15) is 0 Å². The number of benzene rings is 5. The maximum atomic E-state index is 6.34. The standard InChI is InChI=1S/C41H25N5O/c1-3-11-25(12-4-1)38-43-39(26-13-5-2-6-14-26)45-40(44-38)27-19-22-37-33(23-27)42-41(47-37)30-20-21-36(32-24-31(30)32)46-34-17-9-7-15-28(34)29-16-8-10-18-35(29)46/h1-24,32H/t32-/m0/s1. The van der Waals surface area contributed by atoms with Gasteiger partial charge in [0.05, 0.1) is 11.0 Å². The number of allylic oxidation sites excluding steroid dienone is 6. The molecule has 0 bridgehead atoms. The molecule has 47 heavy (non-hydrogen) atoms. The van der Waals surface area contributed by atoms with Crippen molar-refractivity contribution < 1.29 is 4.42 Å². The lowest BCUT2D eigenvalue weighted by molar-refractivity contribution is 0.585. The van der Waals surface area contributed by atoms with E-state index in [2.05, 4.69) is 71.3 Å². The predicted molar refractivity (Wildman–Crippen MR) is 187 cm³/mol. The Balaban J connectivity index is 1.04. The maximum absolute atomic E-state index is 6.34. The van der Waals surface area contributed by atoms with Gasteiger partial charge in [-0.15, -0.1) is 0 Å². The number of hydrogen-bond donors (Lipinski definition) is 0. The van der Waals surface area contributed by atoms with Crippen molar-refractivity contribution in [2.24, 2.45) is 5.92 Å². The fraction of sp³-hybridized carbons (Fsp3) is 0.0244. The average molecular weight is 604 g/mol. The topological polar surface area (TPSA) is 69.6 Å². The van der Waals surface area contributed by atoms with E-state index >= 15 is 0 Å². The highest BCUT2D eigenvalue weighted by molar-refractivity contribution is 6.11. The van der Waals surface area contributed by atoms with E-state index in [4.69, 9.17) is 24.4 Å². The summed E-state index contributed by atoms with van der Waals surface area (Å²) >= 11 is 0. The van der Waals surface area contributed by atoms with Crippen LogP contribution in [-0.2, 0) is 0 Å². The fourth-order valence-electron chi connectivity index (χ4n) is 6.73. The Labute approximate surface area is 269 Å². The normalized spacial score (nSPS) is 15.4. The molecule has 0 N–H and O–H groups in total. The van der Waals surface area contributed by atoms with E-state index in [0.717, 1.165) is 33.4 Å². The van der Waals surface area contributed by atoms with E-state index in [1.807, 2.05) is 78.9 Å². The molecule has 0 radical (unpaired) electrons. The molecule has 0 saturated carbocycles. The van der Waals surface area contributed by atoms with E-state index < -0.39 is 0 Å². The Bertz CT molecular complexity index is 2520. The van der Waals surface area contributed by atoms with Gasteiger partial charge in [0.1, 0.15) is 5.52 Å². The molecule has 2 aliphatic rings. The first-order valence-electron chi connectivity index (χ1n) is 15.7. The molecular weight excluding hydrogens is 578 g/mol. The van der Waals surface area contributed by atoms with Crippen molar-refractivity contribution >= 4 is 44.2 Å². The van der Waals surface area contributed by atoms with Crippen LogP contribution in [-0.4, -0.2) is 24.5 Å². The van der Waals surface area contributed by atoms with Crippen molar-refractivity contribution in [1.82, 2.24) is 24.5 Å². The highest BCUT2D eigenvalue weighted by Crippen LogP contribution is 2.51. The van der Waals surface area contributed by atoms with Crippen LogP contribution in [0.5, 0.6) is 0 Å². The minimum absolute atomic E-state index is 0.220. The number of oxazole rings is 1. The second-order valence-electron chi connectivity index (χ2n) is 11.9. The summed E-state index contributed by atoms with van der Waals surface area (Å²) in [6.07, 6.45) is 6.66. The zero-order chi connectivity index (χ0) is 30.9. The smallest absolute Gasteiger partial charge is 0.227 e. The second kappa shape index (κ2) is 10.1. The van der Waals surface area contributed by atoms with Gasteiger partial charge in [0, 0.05) is 44.7 Å². The molecule has 2 aliphatic carbocycles. The molecule has 1 atom stereocenters. The van der Waals surface area contributed by atoms with Crippen molar-refractivity contribution in [2.75, 3.05) is 0 Å².